The van der Waals surface area contributed by atoms with Crippen molar-refractivity contribution in [3.05, 3.63) is 29.3 Å². The standard InChI is InChI=1S/C12H19NS/c1-8-5-6-12(9(2)7-8)14-11(4)10(3)13/h5-7,10-11H,13H2,1-4H3. The lowest BCUT2D eigenvalue weighted by atomic mass is 10.2. The van der Waals surface area contributed by atoms with Crippen LogP contribution in [0.4, 0.5) is 0 Å². The molecule has 0 radical (unpaired) electrons. The highest BCUT2D eigenvalue weighted by molar-refractivity contribution is 8.00. The van der Waals surface area contributed by atoms with E-state index < -0.39 is 0 Å². The SMILES string of the molecule is Cc1ccc(SC(C)C(C)N)c(C)c1. The molecule has 2 heteroatoms. The Kier molecular flexibility index (Phi) is 4.02. The summed E-state index contributed by atoms with van der Waals surface area (Å²) in [6.45, 7) is 8.51. The molecular weight excluding hydrogens is 190 g/mol. The average molecular weight is 209 g/mol. The van der Waals surface area contributed by atoms with Gasteiger partial charge in [0.05, 0.1) is 0 Å². The van der Waals surface area contributed by atoms with Gasteiger partial charge in [-0.25, -0.2) is 0 Å². The summed E-state index contributed by atoms with van der Waals surface area (Å²) in [5.41, 5.74) is 8.51. The van der Waals surface area contributed by atoms with Crippen molar-refractivity contribution in [3.8, 4) is 0 Å². The first-order valence-electron chi connectivity index (χ1n) is 5.00. The molecule has 1 nitrogen and oxygen atoms in total. The zero-order valence-electron chi connectivity index (χ0n) is 9.37. The van der Waals surface area contributed by atoms with Gasteiger partial charge in [0, 0.05) is 16.2 Å². The van der Waals surface area contributed by atoms with Gasteiger partial charge in [0.2, 0.25) is 0 Å². The summed E-state index contributed by atoms with van der Waals surface area (Å²) in [7, 11) is 0. The molecule has 1 aromatic rings. The number of hydrogen-bond acceptors (Lipinski definition) is 2. The maximum absolute atomic E-state index is 5.84. The van der Waals surface area contributed by atoms with Crippen LogP contribution in [0.3, 0.4) is 0 Å². The summed E-state index contributed by atoms with van der Waals surface area (Å²) in [5, 5.41) is 0.469. The maximum atomic E-state index is 5.84. The molecule has 1 aromatic carbocycles. The van der Waals surface area contributed by atoms with Gasteiger partial charge in [-0.15, -0.1) is 11.8 Å². The minimum Gasteiger partial charge on any atom is -0.327 e. The molecule has 78 valence electrons. The van der Waals surface area contributed by atoms with Crippen LogP contribution in [0.1, 0.15) is 25.0 Å². The van der Waals surface area contributed by atoms with Crippen molar-refractivity contribution >= 4 is 11.8 Å². The third-order valence-electron chi connectivity index (χ3n) is 2.38. The van der Waals surface area contributed by atoms with Crippen molar-refractivity contribution < 1.29 is 0 Å². The van der Waals surface area contributed by atoms with E-state index in [4.69, 9.17) is 5.73 Å². The zero-order valence-corrected chi connectivity index (χ0v) is 10.2. The topological polar surface area (TPSA) is 26.0 Å². The van der Waals surface area contributed by atoms with Crippen LogP contribution in [0.5, 0.6) is 0 Å². The molecule has 0 spiro atoms. The second-order valence-electron chi connectivity index (χ2n) is 3.95. The number of hydrogen-bond donors (Lipinski definition) is 1. The lowest BCUT2D eigenvalue weighted by Crippen LogP contribution is -2.26. The van der Waals surface area contributed by atoms with Gasteiger partial charge in [-0.2, -0.15) is 0 Å². The predicted molar refractivity (Wildman–Crippen MR) is 64.9 cm³/mol. The summed E-state index contributed by atoms with van der Waals surface area (Å²) in [6.07, 6.45) is 0. The van der Waals surface area contributed by atoms with E-state index in [9.17, 15) is 0 Å². The van der Waals surface area contributed by atoms with Gasteiger partial charge < -0.3 is 5.73 Å². The summed E-state index contributed by atoms with van der Waals surface area (Å²) in [5.74, 6) is 0. The van der Waals surface area contributed by atoms with Crippen LogP contribution in [0.15, 0.2) is 23.1 Å². The van der Waals surface area contributed by atoms with Gasteiger partial charge in [-0.3, -0.25) is 0 Å². The summed E-state index contributed by atoms with van der Waals surface area (Å²) in [6, 6.07) is 6.80. The highest BCUT2D eigenvalue weighted by Crippen LogP contribution is 2.28. The molecule has 1 rings (SSSR count). The van der Waals surface area contributed by atoms with Gasteiger partial charge in [0.1, 0.15) is 0 Å². The van der Waals surface area contributed by atoms with E-state index in [2.05, 4.69) is 45.9 Å². The Labute approximate surface area is 91.1 Å². The normalized spacial score (nSPS) is 15.2. The minimum absolute atomic E-state index is 0.237. The van der Waals surface area contributed by atoms with Gasteiger partial charge in [-0.1, -0.05) is 24.6 Å². The van der Waals surface area contributed by atoms with Crippen LogP contribution in [-0.4, -0.2) is 11.3 Å². The van der Waals surface area contributed by atoms with E-state index in [1.165, 1.54) is 16.0 Å². The fraction of sp³-hybridized carbons (Fsp3) is 0.500. The smallest absolute Gasteiger partial charge is 0.0215 e. The van der Waals surface area contributed by atoms with Gasteiger partial charge in [0.25, 0.3) is 0 Å². The Morgan fingerprint density at radius 1 is 1.21 bits per heavy atom. The Bertz CT molecular complexity index is 307. The molecule has 0 amide bonds. The fourth-order valence-electron chi connectivity index (χ4n) is 1.24. The molecule has 0 aromatic heterocycles. The second kappa shape index (κ2) is 4.85. The Hall–Kier alpha value is -0.470. The third kappa shape index (κ3) is 3.03. The Morgan fingerprint density at radius 2 is 1.86 bits per heavy atom. The molecule has 2 atom stereocenters. The monoisotopic (exact) mass is 209 g/mol. The summed E-state index contributed by atoms with van der Waals surface area (Å²) >= 11 is 1.86. The maximum Gasteiger partial charge on any atom is 0.0215 e. The number of rotatable bonds is 3. The van der Waals surface area contributed by atoms with E-state index in [1.807, 2.05) is 11.8 Å². The van der Waals surface area contributed by atoms with Gasteiger partial charge >= 0.3 is 0 Å². The second-order valence-corrected chi connectivity index (χ2v) is 5.37. The van der Waals surface area contributed by atoms with Crippen LogP contribution in [-0.2, 0) is 0 Å². The molecule has 0 aliphatic carbocycles. The van der Waals surface area contributed by atoms with Crippen molar-refractivity contribution in [2.45, 2.75) is 43.9 Å². The Morgan fingerprint density at radius 3 is 2.36 bits per heavy atom. The predicted octanol–water partition coefficient (Wildman–Crippen LogP) is 3.13. The van der Waals surface area contributed by atoms with Crippen molar-refractivity contribution in [3.63, 3.8) is 0 Å². The Balaban J connectivity index is 2.77. The molecule has 0 saturated carbocycles. The lowest BCUT2D eigenvalue weighted by molar-refractivity contribution is 0.730. The van der Waals surface area contributed by atoms with E-state index in [0.29, 0.717) is 5.25 Å². The van der Waals surface area contributed by atoms with Crippen LogP contribution in [0.2, 0.25) is 0 Å². The summed E-state index contributed by atoms with van der Waals surface area (Å²) < 4.78 is 0. The molecule has 0 fully saturated rings. The van der Waals surface area contributed by atoms with Crippen molar-refractivity contribution in [2.75, 3.05) is 0 Å². The molecule has 0 aliphatic rings. The van der Waals surface area contributed by atoms with E-state index in [-0.39, 0.29) is 6.04 Å². The zero-order chi connectivity index (χ0) is 10.7. The van der Waals surface area contributed by atoms with Crippen LogP contribution in [0, 0.1) is 13.8 Å². The largest absolute Gasteiger partial charge is 0.327 e. The molecule has 0 saturated heterocycles. The minimum atomic E-state index is 0.237. The number of benzene rings is 1. The molecule has 0 heterocycles. The fourth-order valence-corrected chi connectivity index (χ4v) is 2.25. The van der Waals surface area contributed by atoms with E-state index in [1.54, 1.807) is 0 Å². The molecule has 0 bridgehead atoms. The van der Waals surface area contributed by atoms with Crippen molar-refractivity contribution in [1.82, 2.24) is 0 Å². The number of nitrogens with two attached hydrogens (primary N) is 1. The molecule has 14 heavy (non-hydrogen) atoms. The molecular formula is C12H19NS. The highest BCUT2D eigenvalue weighted by atomic mass is 32.2. The molecule has 0 aliphatic heterocycles. The van der Waals surface area contributed by atoms with Crippen molar-refractivity contribution in [2.24, 2.45) is 5.73 Å². The van der Waals surface area contributed by atoms with Gasteiger partial charge in [-0.05, 0) is 32.4 Å². The highest BCUT2D eigenvalue weighted by Gasteiger charge is 2.10. The lowest BCUT2D eigenvalue weighted by Gasteiger charge is -2.16. The van der Waals surface area contributed by atoms with Gasteiger partial charge in [0.15, 0.2) is 0 Å². The van der Waals surface area contributed by atoms with Crippen LogP contribution >= 0.6 is 11.8 Å². The van der Waals surface area contributed by atoms with Crippen LogP contribution < -0.4 is 5.73 Å². The van der Waals surface area contributed by atoms with Crippen molar-refractivity contribution in [1.29, 1.82) is 0 Å². The summed E-state index contributed by atoms with van der Waals surface area (Å²) in [4.78, 5) is 1.35. The van der Waals surface area contributed by atoms with E-state index >= 15 is 0 Å². The first-order valence-corrected chi connectivity index (χ1v) is 5.88. The first kappa shape index (κ1) is 11.6. The van der Waals surface area contributed by atoms with E-state index in [0.717, 1.165) is 0 Å². The average Bonchev–Trinajstić information content (AvgIpc) is 2.09. The first-order chi connectivity index (χ1) is 6.50. The molecule has 2 unspecified atom stereocenters. The number of thioether (sulfide) groups is 1. The molecule has 2 N–H and O–H groups in total. The number of aryl methyl sites for hydroxylation is 2. The van der Waals surface area contributed by atoms with Crippen LogP contribution in [0.25, 0.3) is 0 Å². The third-order valence-corrected chi connectivity index (χ3v) is 3.90. The quantitative estimate of drug-likeness (QED) is 0.774.